The minimum Gasteiger partial charge on any atom is -0.504 e. The molecule has 106 valence electrons. The molecule has 1 aliphatic heterocycles. The van der Waals surface area contributed by atoms with Gasteiger partial charge in [-0.1, -0.05) is 6.92 Å². The zero-order chi connectivity index (χ0) is 14.4. The van der Waals surface area contributed by atoms with Crippen molar-refractivity contribution < 1.29 is 14.6 Å². The van der Waals surface area contributed by atoms with Crippen LogP contribution in [0.3, 0.4) is 0 Å². The second-order valence-corrected chi connectivity index (χ2v) is 5.98. The molecule has 1 atom stereocenters. The maximum Gasteiger partial charge on any atom is 0.168 e. The Bertz CT molecular complexity index is 503. The quantitative estimate of drug-likeness (QED) is 0.884. The highest BCUT2D eigenvalue weighted by Gasteiger charge is 2.37. The van der Waals surface area contributed by atoms with E-state index in [2.05, 4.69) is 20.8 Å². The summed E-state index contributed by atoms with van der Waals surface area (Å²) in [7, 11) is 0. The van der Waals surface area contributed by atoms with Crippen LogP contribution in [0.2, 0.25) is 0 Å². The smallest absolute Gasteiger partial charge is 0.168 e. The van der Waals surface area contributed by atoms with Gasteiger partial charge in [0, 0.05) is 11.1 Å². The first kappa shape index (κ1) is 14.0. The van der Waals surface area contributed by atoms with Crippen molar-refractivity contribution >= 4 is 0 Å². The molecule has 1 unspecified atom stereocenters. The molecule has 0 aromatic heterocycles. The number of benzene rings is 1. The van der Waals surface area contributed by atoms with Crippen molar-refractivity contribution in [3.05, 3.63) is 16.7 Å². The van der Waals surface area contributed by atoms with Gasteiger partial charge in [0.1, 0.15) is 11.4 Å². The summed E-state index contributed by atoms with van der Waals surface area (Å²) in [6.45, 7) is 12.8. The summed E-state index contributed by atoms with van der Waals surface area (Å²) < 4.78 is 11.9. The molecule has 0 spiro atoms. The van der Waals surface area contributed by atoms with E-state index in [-0.39, 0.29) is 11.4 Å². The van der Waals surface area contributed by atoms with Crippen LogP contribution >= 0.6 is 0 Å². The number of hydrogen-bond acceptors (Lipinski definition) is 3. The van der Waals surface area contributed by atoms with Gasteiger partial charge in [0.15, 0.2) is 11.5 Å². The van der Waals surface area contributed by atoms with Gasteiger partial charge >= 0.3 is 0 Å². The molecule has 2 rings (SSSR count). The van der Waals surface area contributed by atoms with Gasteiger partial charge in [-0.2, -0.15) is 0 Å². The lowest BCUT2D eigenvalue weighted by Crippen LogP contribution is -2.41. The van der Waals surface area contributed by atoms with Crippen molar-refractivity contribution in [1.82, 2.24) is 0 Å². The maximum absolute atomic E-state index is 10.3. The first-order chi connectivity index (χ1) is 8.79. The van der Waals surface area contributed by atoms with Crippen LogP contribution in [0.4, 0.5) is 0 Å². The largest absolute Gasteiger partial charge is 0.504 e. The van der Waals surface area contributed by atoms with Crippen molar-refractivity contribution in [1.29, 1.82) is 0 Å². The van der Waals surface area contributed by atoms with Crippen LogP contribution < -0.4 is 9.47 Å². The summed E-state index contributed by atoms with van der Waals surface area (Å²) in [5.41, 5.74) is 2.67. The molecule has 0 aliphatic carbocycles. The summed E-state index contributed by atoms with van der Waals surface area (Å²) in [6.07, 6.45) is 0.867. The molecule has 19 heavy (non-hydrogen) atoms. The Labute approximate surface area is 115 Å². The first-order valence-corrected chi connectivity index (χ1v) is 6.96. The third-order valence-electron chi connectivity index (χ3n) is 4.37. The van der Waals surface area contributed by atoms with E-state index in [9.17, 15) is 5.11 Å². The average molecular weight is 264 g/mol. The van der Waals surface area contributed by atoms with Gasteiger partial charge in [-0.15, -0.1) is 0 Å². The standard InChI is InChI=1S/C16H24O3/c1-7-18-15-12-8-9(2)16(5,6)19-14(12)11(4)10(3)13(15)17/h9,17H,7-8H2,1-6H3. The predicted molar refractivity (Wildman–Crippen MR) is 76.3 cm³/mol. The topological polar surface area (TPSA) is 38.7 Å². The van der Waals surface area contributed by atoms with Crippen LogP contribution in [0.1, 0.15) is 44.4 Å². The highest BCUT2D eigenvalue weighted by atomic mass is 16.5. The maximum atomic E-state index is 10.3. The molecule has 0 saturated carbocycles. The van der Waals surface area contributed by atoms with Gasteiger partial charge in [0.2, 0.25) is 0 Å². The van der Waals surface area contributed by atoms with Gasteiger partial charge in [0.05, 0.1) is 6.61 Å². The molecule has 0 radical (unpaired) electrons. The molecule has 0 amide bonds. The van der Waals surface area contributed by atoms with E-state index in [0.717, 1.165) is 28.9 Å². The molecule has 0 fully saturated rings. The van der Waals surface area contributed by atoms with E-state index in [0.29, 0.717) is 18.3 Å². The monoisotopic (exact) mass is 264 g/mol. The molecule has 1 aromatic carbocycles. The minimum atomic E-state index is -0.190. The van der Waals surface area contributed by atoms with Crippen LogP contribution in [0.5, 0.6) is 17.2 Å². The predicted octanol–water partition coefficient (Wildman–Crippen LogP) is 3.76. The number of phenols is 1. The summed E-state index contributed by atoms with van der Waals surface area (Å²) in [6, 6.07) is 0. The van der Waals surface area contributed by atoms with Crippen LogP contribution in [-0.2, 0) is 6.42 Å². The molecule has 1 aromatic rings. The number of phenolic OH excluding ortho intramolecular Hbond substituents is 1. The van der Waals surface area contributed by atoms with Crippen LogP contribution in [0.15, 0.2) is 0 Å². The lowest BCUT2D eigenvalue weighted by atomic mass is 9.82. The van der Waals surface area contributed by atoms with E-state index < -0.39 is 0 Å². The second kappa shape index (κ2) is 4.62. The fraction of sp³-hybridized carbons (Fsp3) is 0.625. The third-order valence-corrected chi connectivity index (χ3v) is 4.37. The fourth-order valence-corrected chi connectivity index (χ4v) is 2.53. The lowest BCUT2D eigenvalue weighted by Gasteiger charge is -2.40. The van der Waals surface area contributed by atoms with Gasteiger partial charge < -0.3 is 14.6 Å². The molecule has 0 saturated heterocycles. The van der Waals surface area contributed by atoms with Crippen molar-refractivity contribution in [3.63, 3.8) is 0 Å². The Balaban J connectivity index is 2.65. The van der Waals surface area contributed by atoms with E-state index in [1.165, 1.54) is 0 Å². The van der Waals surface area contributed by atoms with Gasteiger partial charge in [-0.3, -0.25) is 0 Å². The van der Waals surface area contributed by atoms with Crippen LogP contribution in [-0.4, -0.2) is 17.3 Å². The molecule has 0 bridgehead atoms. The van der Waals surface area contributed by atoms with Gasteiger partial charge in [-0.25, -0.2) is 0 Å². The summed E-state index contributed by atoms with van der Waals surface area (Å²) in [4.78, 5) is 0. The molecular weight excluding hydrogens is 240 g/mol. The van der Waals surface area contributed by atoms with E-state index in [1.807, 2.05) is 20.8 Å². The van der Waals surface area contributed by atoms with E-state index in [1.54, 1.807) is 0 Å². The minimum absolute atomic E-state index is 0.190. The molecule has 3 heteroatoms. The van der Waals surface area contributed by atoms with Crippen LogP contribution in [0, 0.1) is 19.8 Å². The zero-order valence-corrected chi connectivity index (χ0v) is 12.8. The molecule has 3 nitrogen and oxygen atoms in total. The van der Waals surface area contributed by atoms with E-state index in [4.69, 9.17) is 9.47 Å². The van der Waals surface area contributed by atoms with Crippen molar-refractivity contribution in [2.45, 2.75) is 53.6 Å². The van der Waals surface area contributed by atoms with E-state index >= 15 is 0 Å². The number of rotatable bonds is 2. The Morgan fingerprint density at radius 3 is 2.53 bits per heavy atom. The van der Waals surface area contributed by atoms with Crippen molar-refractivity contribution in [2.24, 2.45) is 5.92 Å². The summed E-state index contributed by atoms with van der Waals surface area (Å²) in [5, 5.41) is 10.3. The normalized spacial score (nSPS) is 20.6. The highest BCUT2D eigenvalue weighted by Crippen LogP contribution is 2.49. The molecular formula is C16H24O3. The summed E-state index contributed by atoms with van der Waals surface area (Å²) >= 11 is 0. The molecule has 1 aliphatic rings. The van der Waals surface area contributed by atoms with Gasteiger partial charge in [-0.05, 0) is 52.5 Å². The fourth-order valence-electron chi connectivity index (χ4n) is 2.53. The van der Waals surface area contributed by atoms with Gasteiger partial charge in [0.25, 0.3) is 0 Å². The average Bonchev–Trinajstić information content (AvgIpc) is 2.35. The molecule has 1 heterocycles. The number of aromatic hydroxyl groups is 1. The Morgan fingerprint density at radius 2 is 1.95 bits per heavy atom. The number of ether oxygens (including phenoxy) is 2. The third kappa shape index (κ3) is 2.15. The summed E-state index contributed by atoms with van der Waals surface area (Å²) in [5.74, 6) is 2.12. The second-order valence-electron chi connectivity index (χ2n) is 5.98. The Hall–Kier alpha value is -1.38. The zero-order valence-electron chi connectivity index (χ0n) is 12.8. The Morgan fingerprint density at radius 1 is 1.32 bits per heavy atom. The highest BCUT2D eigenvalue weighted by molar-refractivity contribution is 5.62. The number of hydrogen-bond donors (Lipinski definition) is 1. The first-order valence-electron chi connectivity index (χ1n) is 6.96. The van der Waals surface area contributed by atoms with Crippen molar-refractivity contribution in [3.8, 4) is 17.2 Å². The van der Waals surface area contributed by atoms with Crippen LogP contribution in [0.25, 0.3) is 0 Å². The number of fused-ring (bicyclic) bond motifs is 1. The Kier molecular flexibility index (Phi) is 3.41. The SMILES string of the molecule is CCOc1c(O)c(C)c(C)c2c1CC(C)C(C)(C)O2. The molecule has 1 N–H and O–H groups in total. The lowest BCUT2D eigenvalue weighted by molar-refractivity contribution is 0.0332. The van der Waals surface area contributed by atoms with Crippen molar-refractivity contribution in [2.75, 3.05) is 6.61 Å².